The predicted octanol–water partition coefficient (Wildman–Crippen LogP) is 2.16. The van der Waals surface area contributed by atoms with Gasteiger partial charge < -0.3 is 44.8 Å². The zero-order valence-electron chi connectivity index (χ0n) is 22.7. The van der Waals surface area contributed by atoms with Crippen LogP contribution in [-0.2, 0) is 36.3 Å². The van der Waals surface area contributed by atoms with E-state index in [4.69, 9.17) is 25.0 Å². The molecule has 2 aliphatic rings. The van der Waals surface area contributed by atoms with Crippen LogP contribution in [0, 0.1) is 16.0 Å². The molecule has 7 N–H and O–H groups in total. The number of aliphatic imine (C=N–C) groups is 1. The van der Waals surface area contributed by atoms with Gasteiger partial charge in [0.05, 0.1) is 35.9 Å². The summed E-state index contributed by atoms with van der Waals surface area (Å²) in [6, 6.07) is 6.17. The van der Waals surface area contributed by atoms with Crippen molar-refractivity contribution in [2.24, 2.45) is 16.6 Å². The van der Waals surface area contributed by atoms with Crippen LogP contribution in [0.25, 0.3) is 0 Å². The number of nitro benzene ring substituents is 1. The molecule has 240 valence electrons. The van der Waals surface area contributed by atoms with Gasteiger partial charge in [-0.25, -0.2) is 18.7 Å². The number of nitro groups is 1. The Morgan fingerprint density at radius 3 is 2.44 bits per heavy atom. The quantitative estimate of drug-likeness (QED) is 0.0937. The van der Waals surface area contributed by atoms with Gasteiger partial charge in [-0.2, -0.15) is 8.62 Å². The van der Waals surface area contributed by atoms with Gasteiger partial charge in [-0.05, 0) is 12.0 Å². The fourth-order valence-electron chi connectivity index (χ4n) is 4.16. The summed E-state index contributed by atoms with van der Waals surface area (Å²) in [7, 11) is -16.7. The molecule has 3 rings (SSSR count). The number of aliphatic hydroxyl groups excluding tert-OH is 1. The molecule has 1 fully saturated rings. The molecule has 0 bridgehead atoms. The number of nitrogens with two attached hydrogens (primary N) is 1. The second-order valence-corrected chi connectivity index (χ2v) is 14.0. The van der Waals surface area contributed by atoms with Crippen LogP contribution in [0.3, 0.4) is 0 Å². The molecule has 43 heavy (non-hydrogen) atoms. The number of phosphoric ester groups is 1. The van der Waals surface area contributed by atoms with Gasteiger partial charge in [-0.1, -0.05) is 32.6 Å². The van der Waals surface area contributed by atoms with E-state index in [0.29, 0.717) is 11.1 Å². The van der Waals surface area contributed by atoms with Crippen LogP contribution in [0.1, 0.15) is 31.9 Å². The summed E-state index contributed by atoms with van der Waals surface area (Å²) >= 11 is 0. The first-order chi connectivity index (χ1) is 19.8. The maximum Gasteiger partial charge on any atom is 0.490 e. The van der Waals surface area contributed by atoms with Crippen LogP contribution in [0.4, 0.5) is 5.69 Å². The van der Waals surface area contributed by atoms with Crippen molar-refractivity contribution in [1.82, 2.24) is 4.90 Å². The molecule has 2 unspecified atom stereocenters. The SMILES string of the molecule is C=C1N=C(N)C(CO[C@@H](c2ccccc2[N+](=O)[O-])C(C)C)=CN1[C@H]1C[C@@H](O)[C@@H](COP(=O)(O)OP(=O)(O)OP(=O)(O)O)O1. The number of nitrogens with zero attached hydrogens (tertiary/aromatic N) is 3. The summed E-state index contributed by atoms with van der Waals surface area (Å²) in [5.41, 5.74) is 6.69. The van der Waals surface area contributed by atoms with Crippen LogP contribution in [0.2, 0.25) is 0 Å². The van der Waals surface area contributed by atoms with Gasteiger partial charge in [-0.3, -0.25) is 14.6 Å². The maximum absolute atomic E-state index is 12.0. The van der Waals surface area contributed by atoms with Crippen molar-refractivity contribution in [2.45, 2.75) is 44.8 Å². The second-order valence-electron chi connectivity index (χ2n) is 9.59. The molecule has 6 atom stereocenters. The van der Waals surface area contributed by atoms with E-state index >= 15 is 0 Å². The number of hydrogen-bond acceptors (Lipinski definition) is 14. The van der Waals surface area contributed by atoms with E-state index in [-0.39, 0.29) is 36.3 Å². The Labute approximate surface area is 244 Å². The Kier molecular flexibility index (Phi) is 11.2. The van der Waals surface area contributed by atoms with Crippen molar-refractivity contribution in [1.29, 1.82) is 0 Å². The summed E-state index contributed by atoms with van der Waals surface area (Å²) in [6.07, 6.45) is -2.84. The molecule has 0 aromatic heterocycles. The van der Waals surface area contributed by atoms with Gasteiger partial charge in [0.1, 0.15) is 24.0 Å². The highest BCUT2D eigenvalue weighted by Gasteiger charge is 2.43. The fraction of sp³-hybridized carbons (Fsp3) is 0.476. The van der Waals surface area contributed by atoms with Crippen molar-refractivity contribution >= 4 is 35.0 Å². The molecule has 1 aromatic rings. The van der Waals surface area contributed by atoms with Crippen molar-refractivity contribution in [3.8, 4) is 0 Å². The lowest BCUT2D eigenvalue weighted by Gasteiger charge is -2.31. The van der Waals surface area contributed by atoms with Crippen LogP contribution in [-0.4, -0.2) is 72.0 Å². The van der Waals surface area contributed by atoms with E-state index < -0.39 is 59.5 Å². The normalized spacial score (nSPS) is 24.7. The van der Waals surface area contributed by atoms with E-state index in [9.17, 15) is 38.7 Å². The van der Waals surface area contributed by atoms with Crippen molar-refractivity contribution < 1.29 is 65.9 Å². The predicted molar refractivity (Wildman–Crippen MR) is 146 cm³/mol. The van der Waals surface area contributed by atoms with Crippen LogP contribution < -0.4 is 5.73 Å². The summed E-state index contributed by atoms with van der Waals surface area (Å²) in [5, 5.41) is 22.0. The monoisotopic (exact) mass is 672 g/mol. The first-order valence-corrected chi connectivity index (χ1v) is 16.8. The van der Waals surface area contributed by atoms with Gasteiger partial charge in [0, 0.05) is 24.3 Å². The summed E-state index contributed by atoms with van der Waals surface area (Å²) in [4.78, 5) is 52.8. The van der Waals surface area contributed by atoms with Gasteiger partial charge >= 0.3 is 23.5 Å². The third-order valence-corrected chi connectivity index (χ3v) is 9.77. The molecule has 0 radical (unpaired) electrons. The van der Waals surface area contributed by atoms with Crippen LogP contribution in [0.5, 0.6) is 0 Å². The molecule has 0 amide bonds. The Hall–Kier alpha value is -2.34. The van der Waals surface area contributed by atoms with Crippen molar-refractivity contribution in [2.75, 3.05) is 13.2 Å². The van der Waals surface area contributed by atoms with Crippen LogP contribution >= 0.6 is 23.5 Å². The largest absolute Gasteiger partial charge is 0.490 e. The minimum Gasteiger partial charge on any atom is -0.390 e. The van der Waals surface area contributed by atoms with Gasteiger partial charge in [0.25, 0.3) is 5.69 Å². The number of benzene rings is 1. The minimum absolute atomic E-state index is 0.0501. The number of para-hydroxylation sites is 1. The summed E-state index contributed by atoms with van der Waals surface area (Å²) in [6.45, 7) is 6.47. The first kappa shape index (κ1) is 35.1. The Bertz CT molecular complexity index is 1430. The maximum atomic E-state index is 12.0. The molecule has 1 saturated heterocycles. The third kappa shape index (κ3) is 9.83. The molecule has 19 nitrogen and oxygen atoms in total. The van der Waals surface area contributed by atoms with E-state index in [2.05, 4.69) is 24.7 Å². The number of hydrogen-bond donors (Lipinski definition) is 6. The average molecular weight is 672 g/mol. The van der Waals surface area contributed by atoms with E-state index in [0.717, 1.165) is 0 Å². The molecule has 0 spiro atoms. The average Bonchev–Trinajstić information content (AvgIpc) is 3.22. The smallest absolute Gasteiger partial charge is 0.390 e. The lowest BCUT2D eigenvalue weighted by Crippen LogP contribution is -2.36. The highest BCUT2D eigenvalue weighted by molar-refractivity contribution is 7.66. The molecular formula is C21H31N4O15P3. The summed E-state index contributed by atoms with van der Waals surface area (Å²) < 4.78 is 57.9. The topological polar surface area (TPSA) is 283 Å². The Morgan fingerprint density at radius 1 is 1.19 bits per heavy atom. The molecule has 1 aromatic carbocycles. The van der Waals surface area contributed by atoms with E-state index in [1.54, 1.807) is 18.2 Å². The summed E-state index contributed by atoms with van der Waals surface area (Å²) in [5.74, 6) is -0.0154. The van der Waals surface area contributed by atoms with E-state index in [1.807, 2.05) is 13.8 Å². The molecule has 2 aliphatic heterocycles. The van der Waals surface area contributed by atoms with E-state index in [1.165, 1.54) is 17.2 Å². The molecule has 0 aliphatic carbocycles. The molecular weight excluding hydrogens is 641 g/mol. The zero-order chi connectivity index (χ0) is 32.3. The zero-order valence-corrected chi connectivity index (χ0v) is 25.4. The molecule has 22 heteroatoms. The van der Waals surface area contributed by atoms with Gasteiger partial charge in [0.2, 0.25) is 0 Å². The number of rotatable bonds is 14. The van der Waals surface area contributed by atoms with Crippen molar-refractivity contribution in [3.63, 3.8) is 0 Å². The van der Waals surface area contributed by atoms with Gasteiger partial charge in [-0.15, -0.1) is 0 Å². The minimum atomic E-state index is -5.72. The number of ether oxygens (including phenoxy) is 2. The van der Waals surface area contributed by atoms with Crippen LogP contribution in [0.15, 0.2) is 53.4 Å². The van der Waals surface area contributed by atoms with Gasteiger partial charge in [0.15, 0.2) is 0 Å². The van der Waals surface area contributed by atoms with Crippen molar-refractivity contribution in [3.05, 3.63) is 64.1 Å². The molecule has 2 heterocycles. The number of phosphoric acid groups is 3. The fourth-order valence-corrected chi connectivity index (χ4v) is 7.19. The Balaban J connectivity index is 1.68. The highest BCUT2D eigenvalue weighted by Crippen LogP contribution is 2.66. The lowest BCUT2D eigenvalue weighted by molar-refractivity contribution is -0.386. The second kappa shape index (κ2) is 13.7. The highest BCUT2D eigenvalue weighted by atomic mass is 31.3. The standard InChI is InChI=1S/C21H31N4O15P3/c1-12(2)20(15-6-4-5-7-16(15)25(27)28)36-10-14-9-24(13(3)23-21(14)22)19-8-17(26)18(38-19)11-37-42(32,33)40-43(34,35)39-41(29,30)31/h4-7,9,12,17-20,26H,3,8,10-11H2,1-2H3,(H2,22,23)(H,32,33)(H,34,35)(H2,29,30,31)/t17-,18-,19-,20-/m1/s1. The molecule has 0 saturated carbocycles. The number of amidine groups is 1. The Morgan fingerprint density at radius 2 is 1.84 bits per heavy atom. The first-order valence-electron chi connectivity index (χ1n) is 12.3. The third-order valence-electron chi connectivity index (χ3n) is 5.97. The lowest BCUT2D eigenvalue weighted by atomic mass is 9.97. The number of aliphatic hydroxyl groups is 1.